The lowest BCUT2D eigenvalue weighted by molar-refractivity contribution is 0.0932. The minimum Gasteiger partial charge on any atom is -0.294 e. The highest BCUT2D eigenvalue weighted by Gasteiger charge is 2.33. The van der Waals surface area contributed by atoms with Crippen LogP contribution in [0.2, 0.25) is 0 Å². The third-order valence-corrected chi connectivity index (χ3v) is 4.83. The van der Waals surface area contributed by atoms with Gasteiger partial charge in [-0.05, 0) is 37.1 Å². The molecule has 1 aromatic rings. The minimum atomic E-state index is -3.06. The number of Topliss-reactive ketones (excluding diaryl/α,β-unsaturated/α-hetero) is 1. The summed E-state index contributed by atoms with van der Waals surface area (Å²) in [6.45, 7) is 1.65. The normalized spacial score (nSPS) is 22.6. The number of carbonyl (C=O) groups is 1. The van der Waals surface area contributed by atoms with Crippen LogP contribution in [0.1, 0.15) is 22.3 Å². The first kappa shape index (κ1) is 12.2. The Morgan fingerprint density at radius 1 is 1.41 bits per heavy atom. The maximum atomic E-state index is 12.9. The summed E-state index contributed by atoms with van der Waals surface area (Å²) in [5.74, 6) is -1.06. The number of benzene rings is 1. The SMILES string of the molecule is Cc1cc(F)ccc1C(=O)C1CCS(=O)(=O)C1. The van der Waals surface area contributed by atoms with E-state index in [9.17, 15) is 17.6 Å². The molecule has 1 aliphatic rings. The van der Waals surface area contributed by atoms with Crippen LogP contribution in [-0.2, 0) is 9.84 Å². The molecule has 0 spiro atoms. The van der Waals surface area contributed by atoms with Gasteiger partial charge in [0.2, 0.25) is 0 Å². The van der Waals surface area contributed by atoms with E-state index in [0.29, 0.717) is 17.5 Å². The summed E-state index contributed by atoms with van der Waals surface area (Å²) in [6.07, 6.45) is 0.373. The van der Waals surface area contributed by atoms with Crippen LogP contribution in [0, 0.1) is 18.7 Å². The third kappa shape index (κ3) is 2.54. The maximum absolute atomic E-state index is 12.9. The first-order chi connectivity index (χ1) is 7.89. The molecule has 17 heavy (non-hydrogen) atoms. The fourth-order valence-corrected chi connectivity index (χ4v) is 3.87. The molecular formula is C12H13FO3S. The van der Waals surface area contributed by atoms with Gasteiger partial charge >= 0.3 is 0 Å². The molecule has 1 aliphatic heterocycles. The molecule has 1 unspecified atom stereocenters. The largest absolute Gasteiger partial charge is 0.294 e. The number of ketones is 1. The molecular weight excluding hydrogens is 243 g/mol. The van der Waals surface area contributed by atoms with E-state index in [1.54, 1.807) is 6.92 Å². The second-order valence-corrected chi connectivity index (χ2v) is 6.65. The molecule has 1 fully saturated rings. The van der Waals surface area contributed by atoms with E-state index in [-0.39, 0.29) is 17.3 Å². The Morgan fingerprint density at radius 2 is 2.12 bits per heavy atom. The van der Waals surface area contributed by atoms with Gasteiger partial charge in [0, 0.05) is 11.5 Å². The van der Waals surface area contributed by atoms with Crippen molar-refractivity contribution in [2.45, 2.75) is 13.3 Å². The lowest BCUT2D eigenvalue weighted by Gasteiger charge is -2.09. The summed E-state index contributed by atoms with van der Waals surface area (Å²) < 4.78 is 35.5. The van der Waals surface area contributed by atoms with Gasteiger partial charge in [-0.25, -0.2) is 12.8 Å². The van der Waals surface area contributed by atoms with Crippen molar-refractivity contribution in [2.75, 3.05) is 11.5 Å². The summed E-state index contributed by atoms with van der Waals surface area (Å²) in [6, 6.07) is 3.94. The molecule has 0 bridgehead atoms. The van der Waals surface area contributed by atoms with E-state index >= 15 is 0 Å². The zero-order chi connectivity index (χ0) is 12.6. The highest BCUT2D eigenvalue weighted by Crippen LogP contribution is 2.24. The van der Waals surface area contributed by atoms with Gasteiger partial charge in [0.1, 0.15) is 5.82 Å². The number of rotatable bonds is 2. The van der Waals surface area contributed by atoms with Crippen molar-refractivity contribution in [1.82, 2.24) is 0 Å². The van der Waals surface area contributed by atoms with E-state index in [1.807, 2.05) is 0 Å². The third-order valence-electron chi connectivity index (χ3n) is 3.06. The van der Waals surface area contributed by atoms with E-state index in [0.717, 1.165) is 0 Å². The maximum Gasteiger partial charge on any atom is 0.167 e. The topological polar surface area (TPSA) is 51.2 Å². The van der Waals surface area contributed by atoms with Crippen LogP contribution in [-0.4, -0.2) is 25.7 Å². The van der Waals surface area contributed by atoms with E-state index in [2.05, 4.69) is 0 Å². The predicted molar refractivity (Wildman–Crippen MR) is 62.2 cm³/mol. The molecule has 1 saturated heterocycles. The summed E-state index contributed by atoms with van der Waals surface area (Å²) in [7, 11) is -3.06. The number of sulfone groups is 1. The van der Waals surface area contributed by atoms with Crippen LogP contribution in [0.25, 0.3) is 0 Å². The second kappa shape index (κ2) is 4.22. The van der Waals surface area contributed by atoms with Crippen LogP contribution >= 0.6 is 0 Å². The standard InChI is InChI=1S/C12H13FO3S/c1-8-6-10(13)2-3-11(8)12(14)9-4-5-17(15,16)7-9/h2-3,6,9H,4-5,7H2,1H3. The Kier molecular flexibility index (Phi) is 3.03. The lowest BCUT2D eigenvalue weighted by Crippen LogP contribution is -2.17. The van der Waals surface area contributed by atoms with Gasteiger partial charge in [-0.2, -0.15) is 0 Å². The molecule has 3 nitrogen and oxygen atoms in total. The highest BCUT2D eigenvalue weighted by molar-refractivity contribution is 7.91. The molecule has 1 heterocycles. The quantitative estimate of drug-likeness (QED) is 0.757. The molecule has 0 saturated carbocycles. The van der Waals surface area contributed by atoms with Crippen molar-refractivity contribution >= 4 is 15.6 Å². The van der Waals surface area contributed by atoms with Crippen molar-refractivity contribution in [3.63, 3.8) is 0 Å². The van der Waals surface area contributed by atoms with Crippen LogP contribution in [0.15, 0.2) is 18.2 Å². The Labute approximate surface area is 99.6 Å². The van der Waals surface area contributed by atoms with Crippen molar-refractivity contribution < 1.29 is 17.6 Å². The van der Waals surface area contributed by atoms with Crippen LogP contribution in [0.4, 0.5) is 4.39 Å². The molecule has 5 heteroatoms. The number of halogens is 1. The van der Waals surface area contributed by atoms with Gasteiger partial charge in [0.05, 0.1) is 11.5 Å². The van der Waals surface area contributed by atoms with Crippen molar-refractivity contribution in [3.05, 3.63) is 35.1 Å². The second-order valence-electron chi connectivity index (χ2n) is 4.42. The monoisotopic (exact) mass is 256 g/mol. The lowest BCUT2D eigenvalue weighted by atomic mass is 9.94. The number of carbonyl (C=O) groups excluding carboxylic acids is 1. The summed E-state index contributed by atoms with van der Waals surface area (Å²) in [4.78, 5) is 12.1. The Balaban J connectivity index is 2.27. The molecule has 0 aromatic heterocycles. The molecule has 0 radical (unpaired) electrons. The zero-order valence-corrected chi connectivity index (χ0v) is 10.3. The average molecular weight is 256 g/mol. The summed E-state index contributed by atoms with van der Waals surface area (Å²) in [5.41, 5.74) is 0.979. The average Bonchev–Trinajstić information content (AvgIpc) is 2.58. The Hall–Kier alpha value is -1.23. The number of aryl methyl sites for hydroxylation is 1. The molecule has 92 valence electrons. The molecule has 0 amide bonds. The Morgan fingerprint density at radius 3 is 2.65 bits per heavy atom. The predicted octanol–water partition coefficient (Wildman–Crippen LogP) is 1.75. The fourth-order valence-electron chi connectivity index (χ4n) is 2.13. The fraction of sp³-hybridized carbons (Fsp3) is 0.417. The molecule has 2 rings (SSSR count). The van der Waals surface area contributed by atoms with Crippen LogP contribution in [0.3, 0.4) is 0 Å². The Bertz CT molecular complexity index is 563. The van der Waals surface area contributed by atoms with E-state index < -0.39 is 21.6 Å². The highest BCUT2D eigenvalue weighted by atomic mass is 32.2. The smallest absolute Gasteiger partial charge is 0.167 e. The minimum absolute atomic E-state index is 0.0731. The van der Waals surface area contributed by atoms with Crippen molar-refractivity contribution in [3.8, 4) is 0 Å². The number of hydrogen-bond donors (Lipinski definition) is 0. The molecule has 1 atom stereocenters. The number of hydrogen-bond acceptors (Lipinski definition) is 3. The summed E-state index contributed by atoms with van der Waals surface area (Å²) >= 11 is 0. The van der Waals surface area contributed by atoms with Crippen molar-refractivity contribution in [2.24, 2.45) is 5.92 Å². The van der Waals surface area contributed by atoms with Gasteiger partial charge in [-0.3, -0.25) is 4.79 Å². The van der Waals surface area contributed by atoms with Gasteiger partial charge in [0.15, 0.2) is 15.6 Å². The van der Waals surface area contributed by atoms with E-state index in [1.165, 1.54) is 18.2 Å². The van der Waals surface area contributed by atoms with Crippen LogP contribution < -0.4 is 0 Å². The zero-order valence-electron chi connectivity index (χ0n) is 9.44. The summed E-state index contributed by atoms with van der Waals surface area (Å²) in [5, 5.41) is 0. The first-order valence-electron chi connectivity index (χ1n) is 5.40. The first-order valence-corrected chi connectivity index (χ1v) is 7.22. The molecule has 1 aromatic carbocycles. The van der Waals surface area contributed by atoms with Gasteiger partial charge in [0.25, 0.3) is 0 Å². The van der Waals surface area contributed by atoms with Crippen LogP contribution in [0.5, 0.6) is 0 Å². The van der Waals surface area contributed by atoms with Gasteiger partial charge in [-0.1, -0.05) is 0 Å². The van der Waals surface area contributed by atoms with Crippen molar-refractivity contribution in [1.29, 1.82) is 0 Å². The van der Waals surface area contributed by atoms with E-state index in [4.69, 9.17) is 0 Å². The molecule has 0 N–H and O–H groups in total. The van der Waals surface area contributed by atoms with Gasteiger partial charge in [-0.15, -0.1) is 0 Å². The van der Waals surface area contributed by atoms with Gasteiger partial charge < -0.3 is 0 Å². The molecule has 0 aliphatic carbocycles.